The number of nitrogens with one attached hydrogen (secondary N) is 1. The lowest BCUT2D eigenvalue weighted by Crippen LogP contribution is -2.11. The van der Waals surface area contributed by atoms with Gasteiger partial charge in [0.25, 0.3) is 0 Å². The van der Waals surface area contributed by atoms with Gasteiger partial charge in [-0.3, -0.25) is 5.41 Å². The molecule has 2 rings (SSSR count). The first-order valence-corrected chi connectivity index (χ1v) is 6.93. The third kappa shape index (κ3) is 3.32. The molecule has 0 saturated carbocycles. The van der Waals surface area contributed by atoms with Crippen LogP contribution in [0.3, 0.4) is 0 Å². The van der Waals surface area contributed by atoms with E-state index in [1.54, 1.807) is 5.38 Å². The van der Waals surface area contributed by atoms with Gasteiger partial charge < -0.3 is 10.5 Å². The lowest BCUT2D eigenvalue weighted by molar-refractivity contribution is 0.317. The minimum absolute atomic E-state index is 0.0122. The van der Waals surface area contributed by atoms with Gasteiger partial charge in [-0.25, -0.2) is 4.98 Å². The number of aromatic nitrogens is 1. The largest absolute Gasteiger partial charge is 0.493 e. The Labute approximate surface area is 116 Å². The van der Waals surface area contributed by atoms with Gasteiger partial charge in [-0.2, -0.15) is 0 Å². The Balaban J connectivity index is 1.94. The minimum atomic E-state index is 0.0122. The number of para-hydroxylation sites is 1. The van der Waals surface area contributed by atoms with Crippen LogP contribution in [0, 0.1) is 19.3 Å². The number of aryl methyl sites for hydroxylation is 2. The molecule has 0 fully saturated rings. The second-order valence-electron chi connectivity index (χ2n) is 4.36. The molecule has 0 amide bonds. The van der Waals surface area contributed by atoms with E-state index in [2.05, 4.69) is 4.98 Å². The number of benzene rings is 1. The maximum atomic E-state index is 7.31. The fraction of sp³-hybridized carbons (Fsp3) is 0.286. The molecule has 0 saturated heterocycles. The number of rotatable bonds is 5. The van der Waals surface area contributed by atoms with E-state index in [1.807, 2.05) is 32.0 Å². The third-order valence-electron chi connectivity index (χ3n) is 2.80. The van der Waals surface area contributed by atoms with E-state index in [-0.39, 0.29) is 5.84 Å². The quantitative estimate of drug-likeness (QED) is 0.651. The van der Waals surface area contributed by atoms with Crippen molar-refractivity contribution in [1.82, 2.24) is 4.98 Å². The fourth-order valence-corrected chi connectivity index (χ4v) is 2.60. The molecule has 0 aliphatic rings. The van der Waals surface area contributed by atoms with Gasteiger partial charge in [-0.15, -0.1) is 11.3 Å². The van der Waals surface area contributed by atoms with Gasteiger partial charge in [0, 0.05) is 11.8 Å². The molecule has 3 N–H and O–H groups in total. The van der Waals surface area contributed by atoms with Crippen molar-refractivity contribution in [1.29, 1.82) is 5.41 Å². The highest BCUT2D eigenvalue weighted by atomic mass is 32.1. The highest BCUT2D eigenvalue weighted by Gasteiger charge is 2.06. The molecule has 0 aliphatic heterocycles. The van der Waals surface area contributed by atoms with Crippen LogP contribution in [0.2, 0.25) is 0 Å². The standard InChI is InChI=1S/C14H17N3OS/c1-9-4-3-5-10(2)13(9)18-7-6-12-17-11(8-19-12)14(15)16/h3-5,8H,6-7H2,1-2H3,(H3,15,16). The van der Waals surface area contributed by atoms with Crippen LogP contribution in [0.4, 0.5) is 0 Å². The predicted molar refractivity (Wildman–Crippen MR) is 78.2 cm³/mol. The number of ether oxygens (including phenoxy) is 1. The summed E-state index contributed by atoms with van der Waals surface area (Å²) in [6.07, 6.45) is 0.728. The Morgan fingerprint density at radius 1 is 1.37 bits per heavy atom. The van der Waals surface area contributed by atoms with Crippen LogP contribution in [0.1, 0.15) is 21.8 Å². The van der Waals surface area contributed by atoms with Crippen LogP contribution in [0.15, 0.2) is 23.6 Å². The minimum Gasteiger partial charge on any atom is -0.493 e. The zero-order valence-corrected chi connectivity index (χ0v) is 11.9. The second kappa shape index (κ2) is 5.84. The molecule has 1 aromatic carbocycles. The number of thiazole rings is 1. The van der Waals surface area contributed by atoms with Crippen LogP contribution < -0.4 is 10.5 Å². The van der Waals surface area contributed by atoms with Gasteiger partial charge >= 0.3 is 0 Å². The first-order chi connectivity index (χ1) is 9.08. The Bertz CT molecular complexity index is 572. The molecule has 0 radical (unpaired) electrons. The second-order valence-corrected chi connectivity index (χ2v) is 5.30. The highest BCUT2D eigenvalue weighted by Crippen LogP contribution is 2.22. The maximum Gasteiger partial charge on any atom is 0.142 e. The summed E-state index contributed by atoms with van der Waals surface area (Å²) in [5, 5.41) is 10.1. The van der Waals surface area contributed by atoms with Gasteiger partial charge in [0.05, 0.1) is 11.6 Å². The zero-order chi connectivity index (χ0) is 13.8. The molecule has 2 aromatic rings. The molecule has 5 heteroatoms. The lowest BCUT2D eigenvalue weighted by Gasteiger charge is -2.10. The van der Waals surface area contributed by atoms with Gasteiger partial charge in [0.2, 0.25) is 0 Å². The monoisotopic (exact) mass is 275 g/mol. The van der Waals surface area contributed by atoms with Gasteiger partial charge in [-0.05, 0) is 25.0 Å². The van der Waals surface area contributed by atoms with Crippen LogP contribution in [0.25, 0.3) is 0 Å². The van der Waals surface area contributed by atoms with Crippen LogP contribution in [0.5, 0.6) is 5.75 Å². The molecular weight excluding hydrogens is 258 g/mol. The number of hydrogen-bond acceptors (Lipinski definition) is 4. The maximum absolute atomic E-state index is 7.31. The van der Waals surface area contributed by atoms with E-state index in [0.717, 1.165) is 28.3 Å². The summed E-state index contributed by atoms with van der Waals surface area (Å²) in [6.45, 7) is 4.66. The summed E-state index contributed by atoms with van der Waals surface area (Å²) >= 11 is 1.51. The average molecular weight is 275 g/mol. The van der Waals surface area contributed by atoms with Crippen molar-refractivity contribution >= 4 is 17.2 Å². The van der Waals surface area contributed by atoms with E-state index in [9.17, 15) is 0 Å². The van der Waals surface area contributed by atoms with Crippen molar-refractivity contribution in [2.75, 3.05) is 6.61 Å². The normalized spacial score (nSPS) is 10.4. The smallest absolute Gasteiger partial charge is 0.142 e. The molecule has 0 aliphatic carbocycles. The number of nitrogen functional groups attached to an aromatic ring is 1. The number of nitrogens with two attached hydrogens (primary N) is 1. The Morgan fingerprint density at radius 3 is 2.63 bits per heavy atom. The Kier molecular flexibility index (Phi) is 4.16. The van der Waals surface area contributed by atoms with Gasteiger partial charge in [0.1, 0.15) is 17.3 Å². The van der Waals surface area contributed by atoms with Crippen molar-refractivity contribution in [2.24, 2.45) is 5.73 Å². The van der Waals surface area contributed by atoms with Crippen molar-refractivity contribution in [3.63, 3.8) is 0 Å². The number of nitrogens with zero attached hydrogens (tertiary/aromatic N) is 1. The average Bonchev–Trinajstić information content (AvgIpc) is 2.82. The van der Waals surface area contributed by atoms with E-state index in [0.29, 0.717) is 12.3 Å². The highest BCUT2D eigenvalue weighted by molar-refractivity contribution is 7.09. The number of hydrogen-bond donors (Lipinski definition) is 2. The van der Waals surface area contributed by atoms with E-state index < -0.39 is 0 Å². The van der Waals surface area contributed by atoms with Crippen molar-refractivity contribution in [2.45, 2.75) is 20.3 Å². The van der Waals surface area contributed by atoms with E-state index in [4.69, 9.17) is 15.9 Å². The molecule has 1 aromatic heterocycles. The summed E-state index contributed by atoms with van der Waals surface area (Å²) < 4.78 is 5.82. The molecular formula is C14H17N3OS. The zero-order valence-electron chi connectivity index (χ0n) is 11.1. The summed E-state index contributed by atoms with van der Waals surface area (Å²) in [4.78, 5) is 4.27. The molecule has 4 nitrogen and oxygen atoms in total. The summed E-state index contributed by atoms with van der Waals surface area (Å²) in [6, 6.07) is 6.11. The van der Waals surface area contributed by atoms with E-state index >= 15 is 0 Å². The van der Waals surface area contributed by atoms with Crippen LogP contribution >= 0.6 is 11.3 Å². The van der Waals surface area contributed by atoms with Crippen molar-refractivity contribution in [3.8, 4) is 5.75 Å². The van der Waals surface area contributed by atoms with Crippen LogP contribution in [-0.2, 0) is 6.42 Å². The molecule has 1 heterocycles. The molecule has 0 bridgehead atoms. The Morgan fingerprint density at radius 2 is 2.05 bits per heavy atom. The van der Waals surface area contributed by atoms with E-state index in [1.165, 1.54) is 11.3 Å². The first kappa shape index (κ1) is 13.5. The van der Waals surface area contributed by atoms with Crippen molar-refractivity contribution < 1.29 is 4.74 Å². The molecule has 100 valence electrons. The first-order valence-electron chi connectivity index (χ1n) is 6.05. The van der Waals surface area contributed by atoms with Crippen molar-refractivity contribution in [3.05, 3.63) is 45.4 Å². The number of amidine groups is 1. The summed E-state index contributed by atoms with van der Waals surface area (Å²) in [5.74, 6) is 0.962. The summed E-state index contributed by atoms with van der Waals surface area (Å²) in [7, 11) is 0. The van der Waals surface area contributed by atoms with Crippen LogP contribution in [-0.4, -0.2) is 17.4 Å². The predicted octanol–water partition coefficient (Wildman–Crippen LogP) is 2.67. The molecule has 19 heavy (non-hydrogen) atoms. The Hall–Kier alpha value is -1.88. The topological polar surface area (TPSA) is 72.0 Å². The van der Waals surface area contributed by atoms with Gasteiger partial charge in [-0.1, -0.05) is 18.2 Å². The molecule has 0 spiro atoms. The fourth-order valence-electron chi connectivity index (χ4n) is 1.82. The SMILES string of the molecule is Cc1cccc(C)c1OCCc1nc(C(=N)N)cs1. The lowest BCUT2D eigenvalue weighted by atomic mass is 10.1. The molecule has 0 atom stereocenters. The third-order valence-corrected chi connectivity index (χ3v) is 3.71. The molecule has 0 unspecified atom stereocenters. The van der Waals surface area contributed by atoms with Gasteiger partial charge in [0.15, 0.2) is 0 Å². The summed E-state index contributed by atoms with van der Waals surface area (Å²) in [5.41, 5.74) is 8.22.